The molecule has 0 spiro atoms. The molecular formula is C10H19NO2. The summed E-state index contributed by atoms with van der Waals surface area (Å²) in [6, 6.07) is 1.95. The highest BCUT2D eigenvalue weighted by Gasteiger charge is 1.99. The first-order chi connectivity index (χ1) is 5.84. The molecule has 3 heteroatoms. The van der Waals surface area contributed by atoms with E-state index in [1.165, 1.54) is 25.7 Å². The number of aryl methyl sites for hydroxylation is 1. The number of hydrogen-bond acceptors (Lipinski definition) is 1. The molecule has 0 radical (unpaired) electrons. The number of H-pyrrole nitrogens is 1. The Morgan fingerprint density at radius 3 is 2.62 bits per heavy atom. The van der Waals surface area contributed by atoms with Gasteiger partial charge in [-0.1, -0.05) is 26.2 Å². The fourth-order valence-corrected chi connectivity index (χ4v) is 1.34. The van der Waals surface area contributed by atoms with Crippen LogP contribution in [0.25, 0.3) is 0 Å². The molecule has 0 aliphatic carbocycles. The van der Waals surface area contributed by atoms with Gasteiger partial charge in [0.1, 0.15) is 0 Å². The molecule has 0 bridgehead atoms. The van der Waals surface area contributed by atoms with Gasteiger partial charge >= 0.3 is 0 Å². The summed E-state index contributed by atoms with van der Waals surface area (Å²) in [6.07, 6.45) is 7.78. The number of aromatic amines is 1. The molecule has 1 heterocycles. The number of hydrogen-bond donors (Lipinski definition) is 2. The zero-order chi connectivity index (χ0) is 8.81. The third-order valence-corrected chi connectivity index (χ3v) is 2.11. The fraction of sp³-hybridized carbons (Fsp3) is 0.600. The number of rotatable bonds is 5. The van der Waals surface area contributed by atoms with Gasteiger partial charge in [0.05, 0.1) is 0 Å². The second-order valence-corrected chi connectivity index (χ2v) is 3.16. The van der Waals surface area contributed by atoms with E-state index >= 15 is 0 Å². The average Bonchev–Trinajstić information content (AvgIpc) is 2.46. The third kappa shape index (κ3) is 3.99. The molecular weight excluding hydrogens is 166 g/mol. The van der Waals surface area contributed by atoms with Crippen molar-refractivity contribution in [2.45, 2.75) is 39.0 Å². The van der Waals surface area contributed by atoms with E-state index in [9.17, 15) is 5.11 Å². The van der Waals surface area contributed by atoms with Gasteiger partial charge < -0.3 is 15.6 Å². The Labute approximate surface area is 79.1 Å². The summed E-state index contributed by atoms with van der Waals surface area (Å²) < 4.78 is 0. The molecule has 76 valence electrons. The molecule has 0 aliphatic heterocycles. The zero-order valence-corrected chi connectivity index (χ0v) is 8.14. The average molecular weight is 185 g/mol. The Morgan fingerprint density at radius 1 is 1.31 bits per heavy atom. The summed E-state index contributed by atoms with van der Waals surface area (Å²) in [5.41, 5.74) is 1.05. The lowest BCUT2D eigenvalue weighted by atomic mass is 10.1. The normalized spacial score (nSPS) is 9.62. The standard InChI is InChI=1S/C10H17NO.H2O/c1-2-3-4-5-6-9-7-8-11-10(9)12;/h7-8,11-12H,2-6H2,1H3;1H2. The molecule has 0 unspecified atom stereocenters. The minimum atomic E-state index is 0. The van der Waals surface area contributed by atoms with Gasteiger partial charge in [-0.15, -0.1) is 0 Å². The summed E-state index contributed by atoms with van der Waals surface area (Å²) in [5, 5.41) is 9.25. The van der Waals surface area contributed by atoms with Crippen LogP contribution in [0.4, 0.5) is 0 Å². The first kappa shape index (κ1) is 12.0. The maximum Gasteiger partial charge on any atom is 0.191 e. The summed E-state index contributed by atoms with van der Waals surface area (Å²) in [5.74, 6) is 0.339. The summed E-state index contributed by atoms with van der Waals surface area (Å²) in [7, 11) is 0. The minimum absolute atomic E-state index is 0. The highest BCUT2D eigenvalue weighted by atomic mass is 16.3. The van der Waals surface area contributed by atoms with Gasteiger partial charge in [-0.2, -0.15) is 0 Å². The largest absolute Gasteiger partial charge is 0.494 e. The third-order valence-electron chi connectivity index (χ3n) is 2.11. The highest BCUT2D eigenvalue weighted by molar-refractivity contribution is 5.24. The topological polar surface area (TPSA) is 67.5 Å². The molecule has 0 aromatic carbocycles. The van der Waals surface area contributed by atoms with Gasteiger partial charge in [0.15, 0.2) is 5.88 Å². The van der Waals surface area contributed by atoms with Crippen LogP contribution in [0.2, 0.25) is 0 Å². The minimum Gasteiger partial charge on any atom is -0.494 e. The molecule has 3 nitrogen and oxygen atoms in total. The van der Waals surface area contributed by atoms with E-state index in [-0.39, 0.29) is 5.48 Å². The van der Waals surface area contributed by atoms with Crippen molar-refractivity contribution < 1.29 is 10.6 Å². The molecule has 0 aliphatic rings. The predicted octanol–water partition coefficient (Wildman–Crippen LogP) is 2.02. The Balaban J connectivity index is 0.00000144. The first-order valence-corrected chi connectivity index (χ1v) is 4.69. The van der Waals surface area contributed by atoms with Crippen molar-refractivity contribution in [1.29, 1.82) is 0 Å². The van der Waals surface area contributed by atoms with Gasteiger partial charge in [-0.25, -0.2) is 0 Å². The number of aromatic hydroxyl groups is 1. The Hall–Kier alpha value is -0.960. The van der Waals surface area contributed by atoms with Crippen LogP contribution >= 0.6 is 0 Å². The highest BCUT2D eigenvalue weighted by Crippen LogP contribution is 2.16. The van der Waals surface area contributed by atoms with E-state index in [2.05, 4.69) is 11.9 Å². The SMILES string of the molecule is CCCCCCc1cc[nH]c1O.O. The zero-order valence-electron chi connectivity index (χ0n) is 8.14. The molecule has 1 rings (SSSR count). The van der Waals surface area contributed by atoms with Gasteiger partial charge in [0, 0.05) is 11.8 Å². The van der Waals surface area contributed by atoms with Crippen molar-refractivity contribution in [3.8, 4) is 5.88 Å². The van der Waals surface area contributed by atoms with Crippen LogP contribution in [0.3, 0.4) is 0 Å². The number of aromatic nitrogens is 1. The van der Waals surface area contributed by atoms with E-state index in [0.29, 0.717) is 5.88 Å². The number of nitrogens with one attached hydrogen (secondary N) is 1. The van der Waals surface area contributed by atoms with Crippen molar-refractivity contribution in [1.82, 2.24) is 4.98 Å². The van der Waals surface area contributed by atoms with Gasteiger partial charge in [0.2, 0.25) is 0 Å². The Kier molecular flexibility index (Phi) is 6.06. The summed E-state index contributed by atoms with van der Waals surface area (Å²) in [4.78, 5) is 2.77. The van der Waals surface area contributed by atoms with Crippen LogP contribution in [0.5, 0.6) is 5.88 Å². The van der Waals surface area contributed by atoms with E-state index < -0.39 is 0 Å². The number of unbranched alkanes of at least 4 members (excludes halogenated alkanes) is 3. The van der Waals surface area contributed by atoms with Crippen LogP contribution in [-0.4, -0.2) is 15.6 Å². The van der Waals surface area contributed by atoms with Crippen molar-refractivity contribution in [3.63, 3.8) is 0 Å². The summed E-state index contributed by atoms with van der Waals surface area (Å²) in [6.45, 7) is 2.20. The predicted molar refractivity (Wildman–Crippen MR) is 53.9 cm³/mol. The maximum atomic E-state index is 9.25. The smallest absolute Gasteiger partial charge is 0.191 e. The van der Waals surface area contributed by atoms with Crippen LogP contribution in [-0.2, 0) is 6.42 Å². The molecule has 4 N–H and O–H groups in total. The lowest BCUT2D eigenvalue weighted by molar-refractivity contribution is 0.449. The van der Waals surface area contributed by atoms with Crippen molar-refractivity contribution >= 4 is 0 Å². The molecule has 0 atom stereocenters. The van der Waals surface area contributed by atoms with E-state index in [1.807, 2.05) is 6.07 Å². The Morgan fingerprint density at radius 2 is 2.08 bits per heavy atom. The molecule has 13 heavy (non-hydrogen) atoms. The fourth-order valence-electron chi connectivity index (χ4n) is 1.34. The monoisotopic (exact) mass is 185 g/mol. The van der Waals surface area contributed by atoms with Gasteiger partial charge in [0.25, 0.3) is 0 Å². The lowest BCUT2D eigenvalue weighted by Gasteiger charge is -1.98. The molecule has 1 aromatic rings. The van der Waals surface area contributed by atoms with Crippen LogP contribution in [0, 0.1) is 0 Å². The molecule has 0 fully saturated rings. The quantitative estimate of drug-likeness (QED) is 0.677. The maximum absolute atomic E-state index is 9.25. The van der Waals surface area contributed by atoms with Gasteiger partial charge in [-0.05, 0) is 18.9 Å². The molecule has 0 saturated heterocycles. The van der Waals surface area contributed by atoms with Crippen LogP contribution in [0.1, 0.15) is 38.2 Å². The molecule has 0 amide bonds. The van der Waals surface area contributed by atoms with Gasteiger partial charge in [-0.3, -0.25) is 0 Å². The van der Waals surface area contributed by atoms with Crippen molar-refractivity contribution in [2.24, 2.45) is 0 Å². The van der Waals surface area contributed by atoms with Crippen molar-refractivity contribution in [2.75, 3.05) is 0 Å². The van der Waals surface area contributed by atoms with Crippen LogP contribution < -0.4 is 0 Å². The second-order valence-electron chi connectivity index (χ2n) is 3.16. The second kappa shape index (κ2) is 6.54. The first-order valence-electron chi connectivity index (χ1n) is 4.69. The van der Waals surface area contributed by atoms with E-state index in [0.717, 1.165) is 12.0 Å². The van der Waals surface area contributed by atoms with E-state index in [4.69, 9.17) is 0 Å². The molecule has 0 saturated carbocycles. The van der Waals surface area contributed by atoms with Crippen LogP contribution in [0.15, 0.2) is 12.3 Å². The molecule has 1 aromatic heterocycles. The van der Waals surface area contributed by atoms with Crippen molar-refractivity contribution in [3.05, 3.63) is 17.8 Å². The van der Waals surface area contributed by atoms with E-state index in [1.54, 1.807) is 6.20 Å². The Bertz CT molecular complexity index is 220. The lowest BCUT2D eigenvalue weighted by Crippen LogP contribution is -1.83. The summed E-state index contributed by atoms with van der Waals surface area (Å²) >= 11 is 0.